The fraction of sp³-hybridized carbons (Fsp3) is 0.254. The third-order valence-corrected chi connectivity index (χ3v) is 16.4. The highest BCUT2D eigenvalue weighted by atomic mass is 16.3. The lowest BCUT2D eigenvalue weighted by molar-refractivity contribution is -0.0281. The molecule has 2 atom stereocenters. The van der Waals surface area contributed by atoms with E-state index in [0.717, 1.165) is 40.0 Å². The van der Waals surface area contributed by atoms with E-state index in [1.54, 1.807) is 5.56 Å². The van der Waals surface area contributed by atoms with E-state index in [-0.39, 0.29) is 17.5 Å². The number of fused-ring (bicyclic) bond motifs is 3. The van der Waals surface area contributed by atoms with Crippen LogP contribution in [0.2, 0.25) is 0 Å². The number of furan rings is 1. The number of aryl methyl sites for hydroxylation is 6. The highest BCUT2D eigenvalue weighted by Crippen LogP contribution is 2.66. The largest absolute Gasteiger partial charge is 0.456 e. The SMILES string of the molecule is Cc1cc(C)c(B(c2cccc(-c3cccc(-c4ccc(C56CC7CC(CC(c8ccc(-c9ccc%10oc%11ccccc%11c%10c9)cc8)(C7)C5)C6)cc4)n3)c2)c2c(C)cc(C)cc2C)c(C)c1. The summed E-state index contributed by atoms with van der Waals surface area (Å²) in [6.07, 6.45) is 7.91. The minimum atomic E-state index is 0.120. The van der Waals surface area contributed by atoms with E-state index < -0.39 is 0 Å². The lowest BCUT2D eigenvalue weighted by Gasteiger charge is -2.63. The van der Waals surface area contributed by atoms with Crippen LogP contribution in [0, 0.1) is 53.4 Å². The van der Waals surface area contributed by atoms with Gasteiger partial charge in [0.2, 0.25) is 6.71 Å². The standard InChI is InChI=1S/C63H58BNO/c1-39-27-41(3)60(42(4)28-39)64(61-43(5)29-40(2)30-44(61)6)53-12-9-11-50(32-53)57-15-10-14-56(65-57)48-19-24-52(25-20-48)63-36-45-31-46(37-63)35-62(34-45,38-63)51-22-17-47(18-23-51)49-21-26-59-55(33-49)54-13-7-8-16-58(54)66-59/h7-30,32-33,45-46H,31,34-38H2,1-6H3. The van der Waals surface area contributed by atoms with Gasteiger partial charge in [-0.2, -0.15) is 0 Å². The second-order valence-electron chi connectivity index (χ2n) is 21.1. The highest BCUT2D eigenvalue weighted by Gasteiger charge is 2.58. The minimum absolute atomic E-state index is 0.120. The molecule has 4 bridgehead atoms. The smallest absolute Gasteiger partial charge is 0.242 e. The van der Waals surface area contributed by atoms with Crippen LogP contribution in [0.5, 0.6) is 0 Å². The van der Waals surface area contributed by atoms with Gasteiger partial charge in [0.25, 0.3) is 0 Å². The van der Waals surface area contributed by atoms with Crippen molar-refractivity contribution in [3.05, 3.63) is 202 Å². The number of para-hydroxylation sites is 1. The monoisotopic (exact) mass is 855 g/mol. The van der Waals surface area contributed by atoms with Crippen LogP contribution in [0.4, 0.5) is 0 Å². The van der Waals surface area contributed by atoms with Gasteiger partial charge in [0.1, 0.15) is 11.2 Å². The van der Waals surface area contributed by atoms with Crippen molar-refractivity contribution in [3.8, 4) is 33.6 Å². The molecule has 0 saturated heterocycles. The molecule has 0 aliphatic heterocycles. The molecule has 4 aliphatic rings. The third-order valence-electron chi connectivity index (χ3n) is 16.4. The number of nitrogens with zero attached hydrogens (tertiary/aromatic N) is 1. The van der Waals surface area contributed by atoms with Gasteiger partial charge in [-0.3, -0.25) is 0 Å². The number of rotatable bonds is 8. The van der Waals surface area contributed by atoms with E-state index in [1.165, 1.54) is 121 Å². The summed E-state index contributed by atoms with van der Waals surface area (Å²) in [5, 5.41) is 2.37. The molecule has 0 amide bonds. The fourth-order valence-electron chi connectivity index (χ4n) is 14.3. The van der Waals surface area contributed by atoms with Gasteiger partial charge < -0.3 is 4.42 Å². The summed E-state index contributed by atoms with van der Waals surface area (Å²) < 4.78 is 6.14. The normalized spacial score (nSPS) is 20.9. The predicted molar refractivity (Wildman–Crippen MR) is 278 cm³/mol. The third kappa shape index (κ3) is 6.88. The van der Waals surface area contributed by atoms with Crippen molar-refractivity contribution in [1.29, 1.82) is 0 Å². The molecule has 7 aromatic carbocycles. The number of hydrogen-bond donors (Lipinski definition) is 0. The Hall–Kier alpha value is -6.45. The van der Waals surface area contributed by atoms with Gasteiger partial charge in [0.05, 0.1) is 11.4 Å². The fourth-order valence-corrected chi connectivity index (χ4v) is 14.3. The molecule has 2 aromatic heterocycles. The maximum Gasteiger partial charge on any atom is 0.242 e. The molecule has 9 aromatic rings. The maximum absolute atomic E-state index is 6.14. The Labute approximate surface area is 391 Å². The molecule has 13 rings (SSSR count). The van der Waals surface area contributed by atoms with E-state index in [0.29, 0.717) is 0 Å². The summed E-state index contributed by atoms with van der Waals surface area (Å²) in [6.45, 7) is 13.7. The van der Waals surface area contributed by atoms with Crippen molar-refractivity contribution in [1.82, 2.24) is 4.98 Å². The van der Waals surface area contributed by atoms with Crippen LogP contribution >= 0.6 is 0 Å². The molecule has 324 valence electrons. The minimum Gasteiger partial charge on any atom is -0.456 e. The predicted octanol–water partition coefficient (Wildman–Crippen LogP) is 14.1. The first kappa shape index (κ1) is 41.0. The lowest BCUT2D eigenvalue weighted by Crippen LogP contribution is -2.55. The first-order chi connectivity index (χ1) is 32.0. The summed E-state index contributed by atoms with van der Waals surface area (Å²) in [7, 11) is 0. The first-order valence-corrected chi connectivity index (χ1v) is 24.4. The van der Waals surface area contributed by atoms with Gasteiger partial charge in [-0.05, 0) is 161 Å². The van der Waals surface area contributed by atoms with Crippen LogP contribution in [0.25, 0.3) is 55.6 Å². The van der Waals surface area contributed by atoms with E-state index in [1.807, 2.05) is 6.07 Å². The van der Waals surface area contributed by atoms with Crippen LogP contribution in [0.15, 0.2) is 162 Å². The second-order valence-corrected chi connectivity index (χ2v) is 21.1. The zero-order chi connectivity index (χ0) is 44.9. The molecule has 0 radical (unpaired) electrons. The Balaban J connectivity index is 0.830. The Morgan fingerprint density at radius 3 is 1.58 bits per heavy atom. The first-order valence-electron chi connectivity index (χ1n) is 24.4. The molecule has 2 nitrogen and oxygen atoms in total. The van der Waals surface area contributed by atoms with Crippen LogP contribution in [-0.2, 0) is 10.8 Å². The molecular weight excluding hydrogens is 798 g/mol. The molecule has 4 aliphatic carbocycles. The van der Waals surface area contributed by atoms with Gasteiger partial charge >= 0.3 is 0 Å². The topological polar surface area (TPSA) is 26.0 Å². The Morgan fingerprint density at radius 2 is 0.970 bits per heavy atom. The van der Waals surface area contributed by atoms with Gasteiger partial charge in [-0.15, -0.1) is 0 Å². The molecule has 0 N–H and O–H groups in total. The molecule has 2 heterocycles. The Bertz CT molecular complexity index is 3240. The zero-order valence-corrected chi connectivity index (χ0v) is 39.3. The molecular formula is C63H58BNO. The van der Waals surface area contributed by atoms with E-state index in [4.69, 9.17) is 9.40 Å². The molecule has 2 unspecified atom stereocenters. The summed E-state index contributed by atoms with van der Waals surface area (Å²) in [5.74, 6) is 1.57. The number of aromatic nitrogens is 1. The second kappa shape index (κ2) is 15.6. The maximum atomic E-state index is 6.14. The van der Waals surface area contributed by atoms with Crippen molar-refractivity contribution < 1.29 is 4.42 Å². The molecule has 66 heavy (non-hydrogen) atoms. The van der Waals surface area contributed by atoms with Crippen LogP contribution < -0.4 is 16.4 Å². The molecule has 4 fully saturated rings. The van der Waals surface area contributed by atoms with Crippen molar-refractivity contribution in [2.24, 2.45) is 11.8 Å². The number of hydrogen-bond acceptors (Lipinski definition) is 2. The highest BCUT2D eigenvalue weighted by molar-refractivity contribution is 6.96. The van der Waals surface area contributed by atoms with E-state index >= 15 is 0 Å². The van der Waals surface area contributed by atoms with Crippen LogP contribution in [0.3, 0.4) is 0 Å². The molecule has 0 spiro atoms. The summed E-state index contributed by atoms with van der Waals surface area (Å²) >= 11 is 0. The summed E-state index contributed by atoms with van der Waals surface area (Å²) in [6, 6.07) is 59.5. The van der Waals surface area contributed by atoms with Gasteiger partial charge in [-0.1, -0.05) is 177 Å². The zero-order valence-electron chi connectivity index (χ0n) is 39.3. The van der Waals surface area contributed by atoms with E-state index in [9.17, 15) is 0 Å². The summed E-state index contributed by atoms with van der Waals surface area (Å²) in [5.41, 5.74) is 24.5. The quantitative estimate of drug-likeness (QED) is 0.142. The van der Waals surface area contributed by atoms with Crippen LogP contribution in [0.1, 0.15) is 83.0 Å². The van der Waals surface area contributed by atoms with Crippen molar-refractivity contribution >= 4 is 45.0 Å². The average Bonchev–Trinajstić information content (AvgIpc) is 3.68. The van der Waals surface area contributed by atoms with Crippen molar-refractivity contribution in [2.75, 3.05) is 0 Å². The average molecular weight is 856 g/mol. The van der Waals surface area contributed by atoms with Crippen molar-refractivity contribution in [2.45, 2.75) is 90.9 Å². The van der Waals surface area contributed by atoms with Crippen LogP contribution in [-0.4, -0.2) is 11.7 Å². The van der Waals surface area contributed by atoms with Gasteiger partial charge in [0.15, 0.2) is 0 Å². The lowest BCUT2D eigenvalue weighted by atomic mass is 9.34. The molecule has 3 heteroatoms. The van der Waals surface area contributed by atoms with Crippen molar-refractivity contribution in [3.63, 3.8) is 0 Å². The van der Waals surface area contributed by atoms with Gasteiger partial charge in [-0.25, -0.2) is 4.98 Å². The number of pyridine rings is 1. The summed E-state index contributed by atoms with van der Waals surface area (Å²) in [4.78, 5) is 5.38. The number of benzene rings is 7. The Morgan fingerprint density at radius 1 is 0.455 bits per heavy atom. The van der Waals surface area contributed by atoms with Gasteiger partial charge in [0, 0.05) is 16.3 Å². The Kier molecular flexibility index (Phi) is 9.69. The van der Waals surface area contributed by atoms with E-state index in [2.05, 4.69) is 193 Å². The molecule has 4 saturated carbocycles.